The summed E-state index contributed by atoms with van der Waals surface area (Å²) in [6.45, 7) is 9.94. The third kappa shape index (κ3) is 6.80. The molecule has 0 aliphatic carbocycles. The molecule has 0 saturated heterocycles. The second-order valence-corrected chi connectivity index (χ2v) is 11.3. The molecule has 1 aliphatic rings. The van der Waals surface area contributed by atoms with Crippen molar-refractivity contribution in [2.24, 2.45) is 10.2 Å². The van der Waals surface area contributed by atoms with Crippen LogP contribution in [0.3, 0.4) is 0 Å². The highest BCUT2D eigenvalue weighted by molar-refractivity contribution is 7.18. The van der Waals surface area contributed by atoms with Crippen molar-refractivity contribution in [1.82, 2.24) is 10.2 Å². The summed E-state index contributed by atoms with van der Waals surface area (Å²) in [5.74, 6) is -4.88. The van der Waals surface area contributed by atoms with Crippen molar-refractivity contribution >= 4 is 47.5 Å². The van der Waals surface area contributed by atoms with Gasteiger partial charge < -0.3 is 14.3 Å². The SMILES string of the molecule is CCC1CCc2cc(N=Nc3nnc(N(O)OC(C)(C)C)s3)c(N[Si](=O)C(F)(F)F)cc2N1CC. The molecule has 2 N–H and O–H groups in total. The summed E-state index contributed by atoms with van der Waals surface area (Å²) in [5.41, 5.74) is 1.08. The zero-order valence-corrected chi connectivity index (χ0v) is 21.9. The molecule has 1 unspecified atom stereocenters. The molecule has 1 aromatic heterocycles. The van der Waals surface area contributed by atoms with Gasteiger partial charge in [0.2, 0.25) is 0 Å². The second-order valence-electron chi connectivity index (χ2n) is 8.88. The van der Waals surface area contributed by atoms with Crippen molar-refractivity contribution < 1.29 is 27.7 Å². The van der Waals surface area contributed by atoms with Gasteiger partial charge in [0, 0.05) is 18.3 Å². The molecular formula is C20H28F3N7O3SSi. The van der Waals surface area contributed by atoms with E-state index in [1.807, 2.05) is 6.92 Å². The number of azo groups is 1. The van der Waals surface area contributed by atoms with Crippen molar-refractivity contribution in [3.05, 3.63) is 17.7 Å². The van der Waals surface area contributed by atoms with Gasteiger partial charge in [-0.15, -0.1) is 20.4 Å². The Hall–Kier alpha value is -2.49. The molecule has 0 amide bonds. The molecule has 1 aliphatic heterocycles. The normalized spacial score (nSPS) is 16.5. The highest BCUT2D eigenvalue weighted by atomic mass is 32.1. The van der Waals surface area contributed by atoms with Crippen LogP contribution in [-0.2, 0) is 15.7 Å². The highest BCUT2D eigenvalue weighted by Gasteiger charge is 2.42. The zero-order chi connectivity index (χ0) is 26.0. The van der Waals surface area contributed by atoms with Crippen LogP contribution >= 0.6 is 11.3 Å². The van der Waals surface area contributed by atoms with Crippen molar-refractivity contribution in [1.29, 1.82) is 0 Å². The molecule has 0 saturated carbocycles. The minimum absolute atomic E-state index is 0.00369. The standard InChI is InChI=1S/C20H28F3N7O3SSi/c1-6-13-9-8-12-10-14(15(11-16(12)29(13)7-2)28-35(32)20(21,22)23)24-25-17-26-27-18(34-17)30(31)33-19(3,4)5/h10-11,13,28,31H,6-9H2,1-5H3. The molecular weight excluding hydrogens is 503 g/mol. The summed E-state index contributed by atoms with van der Waals surface area (Å²) >= 11 is 0.865. The lowest BCUT2D eigenvalue weighted by atomic mass is 9.93. The number of fused-ring (bicyclic) bond motifs is 1. The van der Waals surface area contributed by atoms with E-state index in [0.29, 0.717) is 11.8 Å². The van der Waals surface area contributed by atoms with Crippen LogP contribution in [0.1, 0.15) is 53.0 Å². The molecule has 192 valence electrons. The molecule has 35 heavy (non-hydrogen) atoms. The number of aromatic nitrogens is 2. The lowest BCUT2D eigenvalue weighted by Gasteiger charge is -2.38. The van der Waals surface area contributed by atoms with Gasteiger partial charge in [0.25, 0.3) is 10.3 Å². The van der Waals surface area contributed by atoms with Gasteiger partial charge in [0.15, 0.2) is 0 Å². The maximum absolute atomic E-state index is 13.1. The predicted octanol–water partition coefficient (Wildman–Crippen LogP) is 5.86. The largest absolute Gasteiger partial charge is 0.516 e. The van der Waals surface area contributed by atoms with Crippen molar-refractivity contribution in [2.75, 3.05) is 21.7 Å². The van der Waals surface area contributed by atoms with Crippen LogP contribution < -0.4 is 15.1 Å². The number of hydrogen-bond donors (Lipinski definition) is 2. The fraction of sp³-hybridized carbons (Fsp3) is 0.600. The van der Waals surface area contributed by atoms with Crippen LogP contribution in [0.5, 0.6) is 0 Å². The number of nitrogens with one attached hydrogen (secondary N) is 1. The Bertz CT molecular complexity index is 1090. The zero-order valence-electron chi connectivity index (χ0n) is 20.0. The molecule has 10 nitrogen and oxygen atoms in total. The molecule has 0 bridgehead atoms. The Balaban J connectivity index is 1.95. The monoisotopic (exact) mass is 531 g/mol. The summed E-state index contributed by atoms with van der Waals surface area (Å²) in [4.78, 5) is 9.51. The van der Waals surface area contributed by atoms with Gasteiger partial charge in [0.1, 0.15) is 5.69 Å². The Labute approximate surface area is 206 Å². The van der Waals surface area contributed by atoms with Gasteiger partial charge in [0.05, 0.1) is 11.3 Å². The quantitative estimate of drug-likeness (QED) is 0.247. The van der Waals surface area contributed by atoms with E-state index in [2.05, 4.69) is 37.2 Å². The molecule has 0 fully saturated rings. The van der Waals surface area contributed by atoms with E-state index in [-0.39, 0.29) is 27.7 Å². The van der Waals surface area contributed by atoms with Crippen molar-refractivity contribution in [3.8, 4) is 0 Å². The number of hydrogen-bond acceptors (Lipinski definition) is 10. The first kappa shape index (κ1) is 27.1. The summed E-state index contributed by atoms with van der Waals surface area (Å²) in [7, 11) is -4.16. The van der Waals surface area contributed by atoms with Gasteiger partial charge in [-0.05, 0) is 76.0 Å². The summed E-state index contributed by atoms with van der Waals surface area (Å²) in [6.07, 6.45) is 2.53. The third-order valence-corrected chi connectivity index (χ3v) is 6.96. The average molecular weight is 532 g/mol. The summed E-state index contributed by atoms with van der Waals surface area (Å²) < 4.78 is 51.1. The van der Waals surface area contributed by atoms with Crippen LogP contribution in [0.2, 0.25) is 0 Å². The van der Waals surface area contributed by atoms with Crippen LogP contribution in [-0.4, -0.2) is 48.2 Å². The van der Waals surface area contributed by atoms with Crippen LogP contribution in [0.25, 0.3) is 0 Å². The minimum atomic E-state index is -4.88. The van der Waals surface area contributed by atoms with E-state index < -0.39 is 20.2 Å². The fourth-order valence-corrected chi connectivity index (χ4v) is 4.82. The maximum Gasteiger partial charge on any atom is 0.516 e. The average Bonchev–Trinajstić information content (AvgIpc) is 3.24. The maximum atomic E-state index is 13.1. The Morgan fingerprint density at radius 3 is 2.60 bits per heavy atom. The molecule has 2 aromatic rings. The van der Waals surface area contributed by atoms with E-state index in [0.717, 1.165) is 41.9 Å². The van der Waals surface area contributed by atoms with Crippen LogP contribution in [0, 0.1) is 0 Å². The number of alkyl halides is 3. The first-order chi connectivity index (χ1) is 16.3. The number of rotatable bonds is 8. The third-order valence-electron chi connectivity index (χ3n) is 5.18. The molecule has 0 radical (unpaired) electrons. The first-order valence-corrected chi connectivity index (χ1v) is 13.3. The van der Waals surface area contributed by atoms with Gasteiger partial charge in [-0.2, -0.15) is 13.2 Å². The Morgan fingerprint density at radius 2 is 2.00 bits per heavy atom. The Morgan fingerprint density at radius 1 is 1.29 bits per heavy atom. The van der Waals surface area contributed by atoms with Gasteiger partial charge in [-0.3, -0.25) is 5.21 Å². The van der Waals surface area contributed by atoms with E-state index in [9.17, 15) is 22.8 Å². The number of halogens is 3. The van der Waals surface area contributed by atoms with Gasteiger partial charge in [-0.1, -0.05) is 12.2 Å². The van der Waals surface area contributed by atoms with Gasteiger partial charge in [-0.25, -0.2) is 4.84 Å². The van der Waals surface area contributed by atoms with E-state index in [1.165, 1.54) is 0 Å². The van der Waals surface area contributed by atoms with Crippen molar-refractivity contribution in [2.45, 2.75) is 71.3 Å². The Kier molecular flexibility index (Phi) is 8.24. The van der Waals surface area contributed by atoms with Crippen LogP contribution in [0.15, 0.2) is 22.4 Å². The molecule has 1 atom stereocenters. The van der Waals surface area contributed by atoms with Gasteiger partial charge >= 0.3 is 14.6 Å². The highest BCUT2D eigenvalue weighted by Crippen LogP contribution is 2.40. The molecule has 1 aromatic carbocycles. The predicted molar refractivity (Wildman–Crippen MR) is 127 cm³/mol. The molecule has 0 spiro atoms. The van der Waals surface area contributed by atoms with Crippen molar-refractivity contribution in [3.63, 3.8) is 0 Å². The van der Waals surface area contributed by atoms with E-state index >= 15 is 0 Å². The second kappa shape index (κ2) is 10.6. The molecule has 3 rings (SSSR count). The number of nitrogens with zero attached hydrogens (tertiary/aromatic N) is 6. The topological polar surface area (TPSA) is 116 Å². The lowest BCUT2D eigenvalue weighted by molar-refractivity contribution is -0.119. The van der Waals surface area contributed by atoms with Crippen LogP contribution in [0.4, 0.5) is 40.5 Å². The lowest BCUT2D eigenvalue weighted by Crippen LogP contribution is -2.39. The number of aryl methyl sites for hydroxylation is 1. The summed E-state index contributed by atoms with van der Waals surface area (Å²) in [6, 6.07) is 3.48. The number of anilines is 3. The smallest absolute Gasteiger partial charge is 0.369 e. The van der Waals surface area contributed by atoms with E-state index in [4.69, 9.17) is 4.84 Å². The summed E-state index contributed by atoms with van der Waals surface area (Å²) in [5, 5.41) is 26.2. The fourth-order valence-electron chi connectivity index (χ4n) is 3.71. The number of benzene rings is 1. The van der Waals surface area contributed by atoms with E-state index in [1.54, 1.807) is 32.9 Å². The first-order valence-electron chi connectivity index (χ1n) is 11.1. The minimum Gasteiger partial charge on any atom is -0.369 e. The molecule has 2 heterocycles. The molecule has 15 heteroatoms.